The van der Waals surface area contributed by atoms with Gasteiger partial charge in [-0.2, -0.15) is 0 Å². The largest absolute Gasteiger partial charge is 0.497 e. The number of anilines is 1. The smallest absolute Gasteiger partial charge is 0.321 e. The molecular formula is C26H34N4O6. The summed E-state index contributed by atoms with van der Waals surface area (Å²) in [6.45, 7) is 2.36. The summed E-state index contributed by atoms with van der Waals surface area (Å²) < 4.78 is 16.0. The highest BCUT2D eigenvalue weighted by molar-refractivity contribution is 5.91. The van der Waals surface area contributed by atoms with Crippen LogP contribution in [0.4, 0.5) is 10.5 Å². The lowest BCUT2D eigenvalue weighted by Gasteiger charge is -2.33. The molecule has 0 aromatic heterocycles. The third kappa shape index (κ3) is 7.03. The molecule has 1 saturated heterocycles. The molecule has 3 N–H and O–H groups in total. The average Bonchev–Trinajstić information content (AvgIpc) is 2.88. The SMILES string of the molecule is COc1ccc(C[C@@H](NC(C)=O)C(=O)NC2CCN(C(=O)Nc3ccccc3OC)CC2)c(OC)c1. The van der Waals surface area contributed by atoms with Gasteiger partial charge in [-0.15, -0.1) is 0 Å². The standard InChI is InChI=1S/C26H34N4O6/c1-17(31)27-22(15-18-9-10-20(34-2)16-24(18)36-4)25(32)28-19-11-13-30(14-12-19)26(33)29-21-7-5-6-8-23(21)35-3/h5-10,16,19,22H,11-15H2,1-4H3,(H,27,31)(H,28,32)(H,29,33)/t22-/m1/s1. The number of likely N-dealkylation sites (tertiary alicyclic amines) is 1. The number of nitrogens with zero attached hydrogens (tertiary/aromatic N) is 1. The first-order valence-electron chi connectivity index (χ1n) is 11.8. The van der Waals surface area contributed by atoms with Crippen LogP contribution in [0.5, 0.6) is 17.2 Å². The predicted octanol–water partition coefficient (Wildman–Crippen LogP) is 2.57. The van der Waals surface area contributed by atoms with Crippen molar-refractivity contribution in [1.82, 2.24) is 15.5 Å². The Morgan fingerprint density at radius 2 is 1.67 bits per heavy atom. The van der Waals surface area contributed by atoms with Crippen molar-refractivity contribution < 1.29 is 28.6 Å². The minimum absolute atomic E-state index is 0.109. The Hall–Kier alpha value is -3.95. The molecule has 2 aromatic carbocycles. The van der Waals surface area contributed by atoms with Crippen molar-refractivity contribution in [2.75, 3.05) is 39.7 Å². The molecule has 1 fully saturated rings. The highest BCUT2D eigenvalue weighted by atomic mass is 16.5. The zero-order valence-corrected chi connectivity index (χ0v) is 21.1. The van der Waals surface area contributed by atoms with E-state index >= 15 is 0 Å². The molecule has 36 heavy (non-hydrogen) atoms. The van der Waals surface area contributed by atoms with Crippen LogP contribution in [0.1, 0.15) is 25.3 Å². The summed E-state index contributed by atoms with van der Waals surface area (Å²) >= 11 is 0. The van der Waals surface area contributed by atoms with Crippen LogP contribution < -0.4 is 30.2 Å². The Bertz CT molecular complexity index is 1070. The first-order chi connectivity index (χ1) is 17.3. The minimum Gasteiger partial charge on any atom is -0.497 e. The number of para-hydroxylation sites is 2. The summed E-state index contributed by atoms with van der Waals surface area (Å²) in [4.78, 5) is 39.3. The van der Waals surface area contributed by atoms with Crippen LogP contribution in [0.25, 0.3) is 0 Å². The number of methoxy groups -OCH3 is 3. The van der Waals surface area contributed by atoms with Gasteiger partial charge < -0.3 is 35.1 Å². The van der Waals surface area contributed by atoms with E-state index in [-0.39, 0.29) is 30.3 Å². The van der Waals surface area contributed by atoms with E-state index in [9.17, 15) is 14.4 Å². The number of ether oxygens (including phenoxy) is 3. The molecule has 10 heteroatoms. The van der Waals surface area contributed by atoms with Gasteiger partial charge in [-0.25, -0.2) is 4.79 Å². The Kier molecular flexibility index (Phi) is 9.38. The molecule has 194 valence electrons. The summed E-state index contributed by atoms with van der Waals surface area (Å²) in [7, 11) is 4.66. The van der Waals surface area contributed by atoms with Crippen LogP contribution in [0.3, 0.4) is 0 Å². The Morgan fingerprint density at radius 1 is 0.972 bits per heavy atom. The second-order valence-electron chi connectivity index (χ2n) is 8.54. The number of carbonyl (C=O) groups excluding carboxylic acids is 3. The van der Waals surface area contributed by atoms with Gasteiger partial charge in [-0.3, -0.25) is 9.59 Å². The second-order valence-corrected chi connectivity index (χ2v) is 8.54. The number of piperidine rings is 1. The fraction of sp³-hybridized carbons (Fsp3) is 0.423. The zero-order chi connectivity index (χ0) is 26.1. The maximum atomic E-state index is 13.1. The molecule has 2 aromatic rings. The first kappa shape index (κ1) is 26.7. The lowest BCUT2D eigenvalue weighted by molar-refractivity contribution is -0.128. The van der Waals surface area contributed by atoms with Gasteiger partial charge in [0.2, 0.25) is 11.8 Å². The van der Waals surface area contributed by atoms with Gasteiger partial charge in [0.25, 0.3) is 0 Å². The van der Waals surface area contributed by atoms with E-state index in [4.69, 9.17) is 14.2 Å². The molecule has 0 unspecified atom stereocenters. The minimum atomic E-state index is -0.767. The highest BCUT2D eigenvalue weighted by Gasteiger charge is 2.28. The van der Waals surface area contributed by atoms with Crippen molar-refractivity contribution in [2.45, 2.75) is 38.3 Å². The molecule has 0 spiro atoms. The lowest BCUT2D eigenvalue weighted by atomic mass is 10.0. The molecule has 1 heterocycles. The molecule has 10 nitrogen and oxygen atoms in total. The van der Waals surface area contributed by atoms with Gasteiger partial charge in [0, 0.05) is 38.5 Å². The maximum Gasteiger partial charge on any atom is 0.321 e. The van der Waals surface area contributed by atoms with Crippen LogP contribution >= 0.6 is 0 Å². The van der Waals surface area contributed by atoms with Crippen LogP contribution in [-0.2, 0) is 16.0 Å². The van der Waals surface area contributed by atoms with Crippen molar-refractivity contribution in [3.8, 4) is 17.2 Å². The summed E-state index contributed by atoms with van der Waals surface area (Å²) in [6, 6.07) is 11.5. The van der Waals surface area contributed by atoms with Crippen LogP contribution in [0.15, 0.2) is 42.5 Å². The number of carbonyl (C=O) groups is 3. The summed E-state index contributed by atoms with van der Waals surface area (Å²) in [6.07, 6.45) is 1.46. The van der Waals surface area contributed by atoms with E-state index in [2.05, 4.69) is 16.0 Å². The molecule has 0 saturated carbocycles. The quantitative estimate of drug-likeness (QED) is 0.489. The fourth-order valence-electron chi connectivity index (χ4n) is 4.17. The molecular weight excluding hydrogens is 464 g/mol. The number of amides is 4. The summed E-state index contributed by atoms with van der Waals surface area (Å²) in [5.41, 5.74) is 1.38. The van der Waals surface area contributed by atoms with E-state index in [0.717, 1.165) is 5.56 Å². The van der Waals surface area contributed by atoms with Crippen LogP contribution in [0.2, 0.25) is 0 Å². The zero-order valence-electron chi connectivity index (χ0n) is 21.1. The van der Waals surface area contributed by atoms with Crippen LogP contribution in [0, 0.1) is 0 Å². The fourth-order valence-corrected chi connectivity index (χ4v) is 4.17. The Balaban J connectivity index is 1.57. The highest BCUT2D eigenvalue weighted by Crippen LogP contribution is 2.26. The van der Waals surface area contributed by atoms with Crippen molar-refractivity contribution in [1.29, 1.82) is 0 Å². The molecule has 1 aliphatic heterocycles. The van der Waals surface area contributed by atoms with Gasteiger partial charge in [-0.05, 0) is 36.6 Å². The molecule has 1 atom stereocenters. The van der Waals surface area contributed by atoms with E-state index in [1.165, 1.54) is 6.92 Å². The molecule has 3 rings (SSSR count). The topological polar surface area (TPSA) is 118 Å². The maximum absolute atomic E-state index is 13.1. The third-order valence-corrected chi connectivity index (χ3v) is 6.09. The van der Waals surface area contributed by atoms with Gasteiger partial charge in [0.15, 0.2) is 0 Å². The van der Waals surface area contributed by atoms with E-state index in [0.29, 0.717) is 48.9 Å². The van der Waals surface area contributed by atoms with Gasteiger partial charge in [0.05, 0.1) is 27.0 Å². The Morgan fingerprint density at radius 3 is 2.31 bits per heavy atom. The summed E-state index contributed by atoms with van der Waals surface area (Å²) in [5, 5.41) is 8.65. The van der Waals surface area contributed by atoms with E-state index < -0.39 is 6.04 Å². The molecule has 0 bridgehead atoms. The molecule has 4 amide bonds. The monoisotopic (exact) mass is 498 g/mol. The predicted molar refractivity (Wildman–Crippen MR) is 136 cm³/mol. The van der Waals surface area contributed by atoms with Crippen LogP contribution in [-0.4, -0.2) is 69.2 Å². The average molecular weight is 499 g/mol. The van der Waals surface area contributed by atoms with Crippen molar-refractivity contribution >= 4 is 23.5 Å². The number of hydrogen-bond donors (Lipinski definition) is 3. The number of benzene rings is 2. The first-order valence-corrected chi connectivity index (χ1v) is 11.8. The number of rotatable bonds is 9. The number of urea groups is 1. The lowest BCUT2D eigenvalue weighted by Crippen LogP contribution is -2.53. The number of nitrogens with one attached hydrogen (secondary N) is 3. The normalized spacial score (nSPS) is 14.4. The Labute approximate surface area is 211 Å². The molecule has 0 aliphatic carbocycles. The van der Waals surface area contributed by atoms with Crippen molar-refractivity contribution in [2.24, 2.45) is 0 Å². The van der Waals surface area contributed by atoms with Crippen molar-refractivity contribution in [3.63, 3.8) is 0 Å². The van der Waals surface area contributed by atoms with Gasteiger partial charge in [0.1, 0.15) is 23.3 Å². The van der Waals surface area contributed by atoms with Gasteiger partial charge in [-0.1, -0.05) is 18.2 Å². The second kappa shape index (κ2) is 12.7. The number of hydrogen-bond acceptors (Lipinski definition) is 6. The van der Waals surface area contributed by atoms with Crippen molar-refractivity contribution in [3.05, 3.63) is 48.0 Å². The van der Waals surface area contributed by atoms with E-state index in [1.807, 2.05) is 18.2 Å². The molecule has 1 aliphatic rings. The van der Waals surface area contributed by atoms with Gasteiger partial charge >= 0.3 is 6.03 Å². The molecule has 0 radical (unpaired) electrons. The summed E-state index contributed by atoms with van der Waals surface area (Å²) in [5.74, 6) is 1.22. The van der Waals surface area contributed by atoms with E-state index in [1.54, 1.807) is 50.5 Å². The third-order valence-electron chi connectivity index (χ3n) is 6.09.